The van der Waals surface area contributed by atoms with Crippen molar-refractivity contribution in [1.82, 2.24) is 0 Å². The summed E-state index contributed by atoms with van der Waals surface area (Å²) in [4.78, 5) is 10.5. The summed E-state index contributed by atoms with van der Waals surface area (Å²) >= 11 is 0. The number of carbonyl (C=O) groups is 1. The molecule has 16 heavy (non-hydrogen) atoms. The molecule has 4 nitrogen and oxygen atoms in total. The molecule has 7 heteroatoms. The first kappa shape index (κ1) is 12.2. The molecule has 1 N–H and O–H groups in total. The van der Waals surface area contributed by atoms with Gasteiger partial charge < -0.3 is 14.6 Å². The van der Waals surface area contributed by atoms with Gasteiger partial charge in [-0.15, -0.1) is 13.2 Å². The SMILES string of the molecule is COc1ccc(C(=O)O)cc1OC(F)(F)F. The number of halogens is 3. The second-order valence-electron chi connectivity index (χ2n) is 2.72. The molecule has 0 amide bonds. The molecule has 0 radical (unpaired) electrons. The molecule has 1 rings (SSSR count). The predicted molar refractivity (Wildman–Crippen MR) is 46.6 cm³/mol. The normalized spacial score (nSPS) is 11.0. The maximum absolute atomic E-state index is 12.0. The van der Waals surface area contributed by atoms with Crippen LogP contribution in [0.25, 0.3) is 0 Å². The minimum atomic E-state index is -4.90. The van der Waals surface area contributed by atoms with E-state index in [1.165, 1.54) is 0 Å². The molecular weight excluding hydrogens is 229 g/mol. The lowest BCUT2D eigenvalue weighted by Crippen LogP contribution is -2.18. The molecule has 1 aromatic carbocycles. The van der Waals surface area contributed by atoms with Gasteiger partial charge in [-0.3, -0.25) is 0 Å². The molecule has 0 aliphatic rings. The van der Waals surface area contributed by atoms with Crippen LogP contribution in [0.2, 0.25) is 0 Å². The number of hydrogen-bond acceptors (Lipinski definition) is 3. The molecule has 88 valence electrons. The summed E-state index contributed by atoms with van der Waals surface area (Å²) in [6.45, 7) is 0. The lowest BCUT2D eigenvalue weighted by atomic mass is 10.2. The van der Waals surface area contributed by atoms with Crippen molar-refractivity contribution in [3.8, 4) is 11.5 Å². The van der Waals surface area contributed by atoms with Crippen molar-refractivity contribution in [1.29, 1.82) is 0 Å². The largest absolute Gasteiger partial charge is 0.573 e. The maximum Gasteiger partial charge on any atom is 0.573 e. The van der Waals surface area contributed by atoms with Gasteiger partial charge in [0.05, 0.1) is 12.7 Å². The molecular formula is C9H7F3O4. The highest BCUT2D eigenvalue weighted by Gasteiger charge is 2.32. The fourth-order valence-corrected chi connectivity index (χ4v) is 1.01. The van der Waals surface area contributed by atoms with E-state index < -0.39 is 18.1 Å². The van der Waals surface area contributed by atoms with E-state index in [-0.39, 0.29) is 11.3 Å². The average molecular weight is 236 g/mol. The van der Waals surface area contributed by atoms with E-state index in [0.717, 1.165) is 25.3 Å². The van der Waals surface area contributed by atoms with Crippen LogP contribution in [-0.4, -0.2) is 24.5 Å². The fourth-order valence-electron chi connectivity index (χ4n) is 1.01. The molecule has 0 unspecified atom stereocenters. The van der Waals surface area contributed by atoms with Gasteiger partial charge >= 0.3 is 12.3 Å². The monoisotopic (exact) mass is 236 g/mol. The van der Waals surface area contributed by atoms with Crippen molar-refractivity contribution in [3.05, 3.63) is 23.8 Å². The summed E-state index contributed by atoms with van der Waals surface area (Å²) in [6.07, 6.45) is -4.90. The smallest absolute Gasteiger partial charge is 0.493 e. The standard InChI is InChI=1S/C9H7F3O4/c1-15-6-3-2-5(8(13)14)4-7(6)16-9(10,11)12/h2-4H,1H3,(H,13,14). The molecule has 0 bridgehead atoms. The van der Waals surface area contributed by atoms with Gasteiger partial charge in [0, 0.05) is 0 Å². The highest BCUT2D eigenvalue weighted by Crippen LogP contribution is 2.32. The number of hydrogen-bond donors (Lipinski definition) is 1. The Hall–Kier alpha value is -1.92. The third-order valence-electron chi connectivity index (χ3n) is 1.64. The van der Waals surface area contributed by atoms with Crippen LogP contribution in [0.4, 0.5) is 13.2 Å². The predicted octanol–water partition coefficient (Wildman–Crippen LogP) is 2.29. The Kier molecular flexibility index (Phi) is 3.26. The average Bonchev–Trinajstić information content (AvgIpc) is 2.15. The van der Waals surface area contributed by atoms with Crippen LogP contribution in [0.1, 0.15) is 10.4 Å². The fraction of sp³-hybridized carbons (Fsp3) is 0.222. The summed E-state index contributed by atoms with van der Waals surface area (Å²) in [5.41, 5.74) is -0.319. The number of rotatable bonds is 3. The summed E-state index contributed by atoms with van der Waals surface area (Å²) in [5.74, 6) is -2.23. The first-order valence-electron chi connectivity index (χ1n) is 4.00. The van der Waals surface area contributed by atoms with Gasteiger partial charge in [-0.05, 0) is 18.2 Å². The molecule has 1 aromatic rings. The highest BCUT2D eigenvalue weighted by atomic mass is 19.4. The van der Waals surface area contributed by atoms with Crippen LogP contribution in [-0.2, 0) is 0 Å². The van der Waals surface area contributed by atoms with E-state index in [2.05, 4.69) is 9.47 Å². The summed E-state index contributed by atoms with van der Waals surface area (Å²) in [7, 11) is 1.15. The van der Waals surface area contributed by atoms with Crippen LogP contribution in [0, 0.1) is 0 Å². The Morgan fingerprint density at radius 3 is 2.38 bits per heavy atom. The van der Waals surface area contributed by atoms with Crippen molar-refractivity contribution < 1.29 is 32.5 Å². The summed E-state index contributed by atoms with van der Waals surface area (Å²) in [5, 5.41) is 8.59. The maximum atomic E-state index is 12.0. The van der Waals surface area contributed by atoms with Gasteiger partial charge in [0.2, 0.25) is 0 Å². The minimum Gasteiger partial charge on any atom is -0.493 e. The highest BCUT2D eigenvalue weighted by molar-refractivity contribution is 5.88. The molecule has 0 fully saturated rings. The zero-order valence-electron chi connectivity index (χ0n) is 8.04. The Labute approximate surface area is 88.2 Å². The molecule has 0 spiro atoms. The molecule has 0 heterocycles. The molecule has 0 saturated carbocycles. The minimum absolute atomic E-state index is 0.192. The van der Waals surface area contributed by atoms with Crippen molar-refractivity contribution in [2.75, 3.05) is 7.11 Å². The Morgan fingerprint density at radius 2 is 1.94 bits per heavy atom. The number of aromatic carboxylic acids is 1. The van der Waals surface area contributed by atoms with Crippen LogP contribution in [0.3, 0.4) is 0 Å². The second-order valence-corrected chi connectivity index (χ2v) is 2.72. The first-order valence-corrected chi connectivity index (χ1v) is 4.00. The number of methoxy groups -OCH3 is 1. The summed E-state index contributed by atoms with van der Waals surface area (Å²) in [6, 6.07) is 2.95. The Morgan fingerprint density at radius 1 is 1.31 bits per heavy atom. The number of alkyl halides is 3. The van der Waals surface area contributed by atoms with Crippen LogP contribution < -0.4 is 9.47 Å². The van der Waals surface area contributed by atoms with Crippen LogP contribution in [0.15, 0.2) is 18.2 Å². The lowest BCUT2D eigenvalue weighted by Gasteiger charge is -2.12. The van der Waals surface area contributed by atoms with Gasteiger partial charge in [0.25, 0.3) is 0 Å². The second kappa shape index (κ2) is 4.30. The third kappa shape index (κ3) is 3.04. The van der Waals surface area contributed by atoms with Crippen molar-refractivity contribution >= 4 is 5.97 Å². The number of carboxylic acid groups (broad SMARTS) is 1. The van der Waals surface area contributed by atoms with Crippen molar-refractivity contribution in [3.63, 3.8) is 0 Å². The van der Waals surface area contributed by atoms with Gasteiger partial charge in [-0.1, -0.05) is 0 Å². The molecule has 0 atom stereocenters. The number of ether oxygens (including phenoxy) is 2. The van der Waals surface area contributed by atoms with E-state index in [1.54, 1.807) is 0 Å². The van der Waals surface area contributed by atoms with Crippen molar-refractivity contribution in [2.24, 2.45) is 0 Å². The number of carboxylic acids is 1. The Balaban J connectivity index is 3.12. The van der Waals surface area contributed by atoms with E-state index in [0.29, 0.717) is 0 Å². The zero-order valence-corrected chi connectivity index (χ0v) is 8.04. The van der Waals surface area contributed by atoms with Gasteiger partial charge in [-0.25, -0.2) is 4.79 Å². The molecule has 0 saturated heterocycles. The topological polar surface area (TPSA) is 55.8 Å². The quantitative estimate of drug-likeness (QED) is 0.874. The lowest BCUT2D eigenvalue weighted by molar-refractivity contribution is -0.275. The van der Waals surface area contributed by atoms with Crippen LogP contribution in [0.5, 0.6) is 11.5 Å². The summed E-state index contributed by atoms with van der Waals surface area (Å²) < 4.78 is 44.1. The zero-order chi connectivity index (χ0) is 12.3. The van der Waals surface area contributed by atoms with Gasteiger partial charge in [-0.2, -0.15) is 0 Å². The van der Waals surface area contributed by atoms with E-state index in [9.17, 15) is 18.0 Å². The number of benzene rings is 1. The molecule has 0 aliphatic carbocycles. The van der Waals surface area contributed by atoms with Gasteiger partial charge in [0.1, 0.15) is 0 Å². The van der Waals surface area contributed by atoms with Gasteiger partial charge in [0.15, 0.2) is 11.5 Å². The van der Waals surface area contributed by atoms with E-state index in [1.807, 2.05) is 0 Å². The van der Waals surface area contributed by atoms with E-state index in [4.69, 9.17) is 5.11 Å². The molecule has 0 aromatic heterocycles. The third-order valence-corrected chi connectivity index (χ3v) is 1.64. The Bertz CT molecular complexity index is 400. The van der Waals surface area contributed by atoms with Crippen molar-refractivity contribution in [2.45, 2.75) is 6.36 Å². The van der Waals surface area contributed by atoms with Crippen LogP contribution >= 0.6 is 0 Å². The van der Waals surface area contributed by atoms with E-state index >= 15 is 0 Å². The first-order chi connectivity index (χ1) is 7.33. The molecule has 0 aliphatic heterocycles.